The van der Waals surface area contributed by atoms with Crippen LogP contribution in [0.1, 0.15) is 49.7 Å². The fourth-order valence-corrected chi connectivity index (χ4v) is 5.48. The van der Waals surface area contributed by atoms with Crippen molar-refractivity contribution in [2.45, 2.75) is 58.1 Å². The lowest BCUT2D eigenvalue weighted by atomic mass is 9.80. The van der Waals surface area contributed by atoms with Crippen LogP contribution >= 0.6 is 15.9 Å². The van der Waals surface area contributed by atoms with E-state index in [1.807, 2.05) is 0 Å². The van der Waals surface area contributed by atoms with Crippen molar-refractivity contribution < 1.29 is 4.74 Å². The SMILES string of the molecule is Cc1c(Br)cccc1COC1=C2C=CC3=C(C2)C(=C1)CN(C1CCCCC1)C3. The molecule has 1 aromatic carbocycles. The standard InChI is InChI=1S/C25H28BrNO/c1-17-20(6-5-9-24(17)26)16-28-25-13-21-15-27(22-7-3-2-4-8-22)14-19-11-10-18(25)12-23(19)21/h5-6,9-11,13,22H,2-4,7-8,12,14-16H2,1H3. The molecule has 3 aliphatic carbocycles. The largest absolute Gasteiger partial charge is 0.489 e. The van der Waals surface area contributed by atoms with Crippen molar-refractivity contribution >= 4 is 15.9 Å². The molecule has 0 atom stereocenters. The lowest BCUT2D eigenvalue weighted by molar-refractivity contribution is 0.175. The Bertz CT molecular complexity index is 914. The highest BCUT2D eigenvalue weighted by Gasteiger charge is 2.32. The van der Waals surface area contributed by atoms with Crippen molar-refractivity contribution in [3.05, 3.63) is 80.1 Å². The maximum atomic E-state index is 6.35. The van der Waals surface area contributed by atoms with Crippen molar-refractivity contribution in [1.29, 1.82) is 0 Å². The molecule has 0 radical (unpaired) electrons. The summed E-state index contributed by atoms with van der Waals surface area (Å²) in [5.41, 5.74) is 8.43. The van der Waals surface area contributed by atoms with Crippen LogP contribution in [0.15, 0.2) is 69.0 Å². The molecule has 2 nitrogen and oxygen atoms in total. The molecule has 1 saturated carbocycles. The molecule has 1 fully saturated rings. The van der Waals surface area contributed by atoms with Gasteiger partial charge in [-0.15, -0.1) is 0 Å². The summed E-state index contributed by atoms with van der Waals surface area (Å²) < 4.78 is 7.50. The number of nitrogens with zero attached hydrogens (tertiary/aromatic N) is 1. The minimum Gasteiger partial charge on any atom is -0.489 e. The van der Waals surface area contributed by atoms with E-state index in [2.05, 4.69) is 64.2 Å². The van der Waals surface area contributed by atoms with Gasteiger partial charge in [-0.2, -0.15) is 0 Å². The van der Waals surface area contributed by atoms with Crippen LogP contribution in [0, 0.1) is 6.92 Å². The molecule has 0 saturated heterocycles. The molecule has 3 heteroatoms. The topological polar surface area (TPSA) is 12.5 Å². The predicted molar refractivity (Wildman–Crippen MR) is 118 cm³/mol. The third-order valence-electron chi connectivity index (χ3n) is 6.85. The molecule has 5 rings (SSSR count). The quantitative estimate of drug-likeness (QED) is 0.542. The van der Waals surface area contributed by atoms with Crippen LogP contribution in [0.5, 0.6) is 0 Å². The number of benzene rings is 1. The maximum Gasteiger partial charge on any atom is 0.123 e. The van der Waals surface area contributed by atoms with Crippen molar-refractivity contribution in [2.24, 2.45) is 0 Å². The van der Waals surface area contributed by atoms with Crippen LogP contribution in [0.25, 0.3) is 0 Å². The number of rotatable bonds is 4. The Morgan fingerprint density at radius 1 is 1.07 bits per heavy atom. The number of hydrogen-bond acceptors (Lipinski definition) is 2. The van der Waals surface area contributed by atoms with E-state index in [0.29, 0.717) is 6.61 Å². The molecule has 4 aliphatic rings. The smallest absolute Gasteiger partial charge is 0.123 e. The molecule has 1 aromatic rings. The predicted octanol–water partition coefficient (Wildman–Crippen LogP) is 6.37. The Kier molecular flexibility index (Phi) is 5.06. The summed E-state index contributed by atoms with van der Waals surface area (Å²) in [6.07, 6.45) is 15.0. The van der Waals surface area contributed by atoms with Crippen LogP contribution in [-0.4, -0.2) is 24.0 Å². The first-order valence-corrected chi connectivity index (χ1v) is 11.4. The van der Waals surface area contributed by atoms with Gasteiger partial charge in [0.1, 0.15) is 12.4 Å². The highest BCUT2D eigenvalue weighted by Crippen LogP contribution is 2.41. The number of ether oxygens (including phenoxy) is 1. The van der Waals surface area contributed by atoms with Crippen molar-refractivity contribution in [3.63, 3.8) is 0 Å². The zero-order chi connectivity index (χ0) is 19.1. The van der Waals surface area contributed by atoms with Gasteiger partial charge in [0, 0.05) is 30.0 Å². The van der Waals surface area contributed by atoms with E-state index in [9.17, 15) is 0 Å². The lowest BCUT2D eigenvalue weighted by Crippen LogP contribution is -2.42. The first kappa shape index (κ1) is 18.4. The van der Waals surface area contributed by atoms with Gasteiger partial charge in [0.2, 0.25) is 0 Å². The van der Waals surface area contributed by atoms with Crippen LogP contribution in [0.4, 0.5) is 0 Å². The van der Waals surface area contributed by atoms with Crippen LogP contribution < -0.4 is 0 Å². The van der Waals surface area contributed by atoms with Gasteiger partial charge in [0.25, 0.3) is 0 Å². The first-order valence-electron chi connectivity index (χ1n) is 10.6. The third-order valence-corrected chi connectivity index (χ3v) is 7.71. The van der Waals surface area contributed by atoms with E-state index < -0.39 is 0 Å². The summed E-state index contributed by atoms with van der Waals surface area (Å²) in [4.78, 5) is 2.72. The van der Waals surface area contributed by atoms with E-state index in [1.165, 1.54) is 60.0 Å². The summed E-state index contributed by atoms with van der Waals surface area (Å²) >= 11 is 3.63. The number of allylic oxidation sites excluding steroid dienone is 3. The van der Waals surface area contributed by atoms with E-state index in [1.54, 1.807) is 5.57 Å². The summed E-state index contributed by atoms with van der Waals surface area (Å²) in [5.74, 6) is 1.07. The van der Waals surface area contributed by atoms with Gasteiger partial charge in [-0.25, -0.2) is 0 Å². The number of halogens is 1. The monoisotopic (exact) mass is 437 g/mol. The van der Waals surface area contributed by atoms with E-state index >= 15 is 0 Å². The van der Waals surface area contributed by atoms with Crippen LogP contribution in [0.2, 0.25) is 0 Å². The Morgan fingerprint density at radius 2 is 1.89 bits per heavy atom. The maximum absolute atomic E-state index is 6.35. The lowest BCUT2D eigenvalue weighted by Gasteiger charge is -2.41. The van der Waals surface area contributed by atoms with Crippen molar-refractivity contribution in [2.75, 3.05) is 13.1 Å². The van der Waals surface area contributed by atoms with Gasteiger partial charge >= 0.3 is 0 Å². The van der Waals surface area contributed by atoms with Gasteiger partial charge in [-0.05, 0) is 65.3 Å². The van der Waals surface area contributed by atoms with Crippen molar-refractivity contribution in [1.82, 2.24) is 4.90 Å². The number of fused-ring (bicyclic) bond motifs is 1. The minimum atomic E-state index is 0.625. The Labute approximate surface area is 176 Å². The minimum absolute atomic E-state index is 0.625. The van der Waals surface area contributed by atoms with E-state index in [4.69, 9.17) is 4.74 Å². The van der Waals surface area contributed by atoms with E-state index in [-0.39, 0.29) is 0 Å². The van der Waals surface area contributed by atoms with Crippen LogP contribution in [-0.2, 0) is 11.3 Å². The fourth-order valence-electron chi connectivity index (χ4n) is 5.08. The molecule has 2 bridgehead atoms. The van der Waals surface area contributed by atoms with Gasteiger partial charge < -0.3 is 4.74 Å². The molecule has 0 spiro atoms. The molecule has 0 unspecified atom stereocenters. The molecule has 28 heavy (non-hydrogen) atoms. The second-order valence-corrected chi connectivity index (χ2v) is 9.44. The highest BCUT2D eigenvalue weighted by molar-refractivity contribution is 9.10. The molecule has 0 amide bonds. The Morgan fingerprint density at radius 3 is 2.75 bits per heavy atom. The van der Waals surface area contributed by atoms with Crippen LogP contribution in [0.3, 0.4) is 0 Å². The average molecular weight is 438 g/mol. The second-order valence-electron chi connectivity index (χ2n) is 8.58. The Balaban J connectivity index is 1.37. The zero-order valence-corrected chi connectivity index (χ0v) is 18.2. The average Bonchev–Trinajstić information content (AvgIpc) is 2.74. The summed E-state index contributed by atoms with van der Waals surface area (Å²) in [7, 11) is 0. The second kappa shape index (κ2) is 7.68. The fraction of sp³-hybridized carbons (Fsp3) is 0.440. The van der Waals surface area contributed by atoms with Gasteiger partial charge in [-0.1, -0.05) is 59.5 Å². The molecule has 146 valence electrons. The summed E-state index contributed by atoms with van der Waals surface area (Å²) in [5, 5.41) is 0. The zero-order valence-electron chi connectivity index (χ0n) is 16.6. The normalized spacial score (nSPS) is 22.6. The summed E-state index contributed by atoms with van der Waals surface area (Å²) in [6.45, 7) is 5.00. The van der Waals surface area contributed by atoms with Gasteiger partial charge in [-0.3, -0.25) is 4.90 Å². The third kappa shape index (κ3) is 3.44. The molecule has 1 heterocycles. The molecular weight excluding hydrogens is 410 g/mol. The van der Waals surface area contributed by atoms with E-state index in [0.717, 1.165) is 35.8 Å². The van der Waals surface area contributed by atoms with Gasteiger partial charge in [0.15, 0.2) is 0 Å². The van der Waals surface area contributed by atoms with Gasteiger partial charge in [0.05, 0.1) is 0 Å². The molecule has 0 aromatic heterocycles. The molecule has 1 aliphatic heterocycles. The van der Waals surface area contributed by atoms with Crippen molar-refractivity contribution in [3.8, 4) is 0 Å². The molecular formula is C25H28BrNO. The number of hydrogen-bond donors (Lipinski definition) is 0. The Hall–Kier alpha value is -1.58. The highest BCUT2D eigenvalue weighted by atomic mass is 79.9. The molecule has 0 N–H and O–H groups in total. The first-order chi connectivity index (χ1) is 13.7. The summed E-state index contributed by atoms with van der Waals surface area (Å²) in [6, 6.07) is 7.10.